The van der Waals surface area contributed by atoms with Gasteiger partial charge in [-0.15, -0.1) is 0 Å². The van der Waals surface area contributed by atoms with E-state index in [4.69, 9.17) is 4.74 Å². The molecule has 0 aromatic heterocycles. The summed E-state index contributed by atoms with van der Waals surface area (Å²) in [6.07, 6.45) is 2.24. The van der Waals surface area contributed by atoms with Gasteiger partial charge in [-0.05, 0) is 30.2 Å². The number of aromatic carboxylic acids is 1. The summed E-state index contributed by atoms with van der Waals surface area (Å²) >= 11 is 0. The van der Waals surface area contributed by atoms with E-state index in [0.717, 1.165) is 24.8 Å². The van der Waals surface area contributed by atoms with Gasteiger partial charge >= 0.3 is 5.97 Å². The minimum Gasteiger partial charge on any atom is -0.489 e. The van der Waals surface area contributed by atoms with Gasteiger partial charge in [0.25, 0.3) is 0 Å². The SMILES string of the molecule is CCCC[C@H](O)c1cccc(OCc2ccccc2C(=O)O)c1. The molecular weight excluding hydrogens is 292 g/mol. The maximum Gasteiger partial charge on any atom is 0.336 e. The van der Waals surface area contributed by atoms with Crippen molar-refractivity contribution in [1.82, 2.24) is 0 Å². The van der Waals surface area contributed by atoms with E-state index >= 15 is 0 Å². The molecule has 122 valence electrons. The Labute approximate surface area is 136 Å². The van der Waals surface area contributed by atoms with Crippen LogP contribution in [0.15, 0.2) is 48.5 Å². The van der Waals surface area contributed by atoms with E-state index in [-0.39, 0.29) is 12.2 Å². The van der Waals surface area contributed by atoms with E-state index in [2.05, 4.69) is 6.92 Å². The van der Waals surface area contributed by atoms with Crippen molar-refractivity contribution in [3.8, 4) is 5.75 Å². The van der Waals surface area contributed by atoms with Crippen molar-refractivity contribution in [2.45, 2.75) is 38.9 Å². The minimum atomic E-state index is -0.965. The molecule has 0 saturated carbocycles. The van der Waals surface area contributed by atoms with Crippen LogP contribution >= 0.6 is 0 Å². The first kappa shape index (κ1) is 17.0. The Bertz CT molecular complexity index is 651. The fourth-order valence-electron chi connectivity index (χ4n) is 2.39. The Hall–Kier alpha value is -2.33. The number of rotatable bonds is 8. The second-order valence-corrected chi connectivity index (χ2v) is 5.48. The van der Waals surface area contributed by atoms with Gasteiger partial charge in [0, 0.05) is 5.56 Å². The summed E-state index contributed by atoms with van der Waals surface area (Å²) in [5, 5.41) is 19.3. The molecule has 23 heavy (non-hydrogen) atoms. The molecule has 0 heterocycles. The monoisotopic (exact) mass is 314 g/mol. The summed E-state index contributed by atoms with van der Waals surface area (Å²) < 4.78 is 5.70. The molecule has 0 aliphatic carbocycles. The minimum absolute atomic E-state index is 0.178. The molecule has 2 rings (SSSR count). The van der Waals surface area contributed by atoms with Crippen LogP contribution in [0.5, 0.6) is 5.75 Å². The van der Waals surface area contributed by atoms with E-state index in [1.54, 1.807) is 30.3 Å². The molecular formula is C19H22O4. The molecule has 0 saturated heterocycles. The third-order valence-corrected chi connectivity index (χ3v) is 3.72. The molecule has 2 aromatic rings. The molecule has 0 spiro atoms. The summed E-state index contributed by atoms with van der Waals surface area (Å²) in [6.45, 7) is 2.27. The smallest absolute Gasteiger partial charge is 0.336 e. The van der Waals surface area contributed by atoms with Gasteiger partial charge in [-0.1, -0.05) is 50.1 Å². The van der Waals surface area contributed by atoms with E-state index in [1.165, 1.54) is 0 Å². The van der Waals surface area contributed by atoms with Gasteiger partial charge in [0.05, 0.1) is 11.7 Å². The average molecular weight is 314 g/mol. The number of aliphatic hydroxyl groups is 1. The van der Waals surface area contributed by atoms with Gasteiger partial charge in [0.2, 0.25) is 0 Å². The van der Waals surface area contributed by atoms with Crippen LogP contribution in [0.4, 0.5) is 0 Å². The summed E-state index contributed by atoms with van der Waals surface area (Å²) in [7, 11) is 0. The van der Waals surface area contributed by atoms with Crippen LogP contribution in [0.3, 0.4) is 0 Å². The molecule has 1 atom stereocenters. The van der Waals surface area contributed by atoms with Crippen LogP contribution < -0.4 is 4.74 Å². The Morgan fingerprint density at radius 2 is 1.96 bits per heavy atom. The lowest BCUT2D eigenvalue weighted by Gasteiger charge is -2.13. The molecule has 0 unspecified atom stereocenters. The fourth-order valence-corrected chi connectivity index (χ4v) is 2.39. The van der Waals surface area contributed by atoms with Gasteiger partial charge < -0.3 is 14.9 Å². The lowest BCUT2D eigenvalue weighted by molar-refractivity contribution is 0.0694. The standard InChI is InChI=1S/C19H22O4/c1-2-3-11-18(20)14-8-6-9-16(12-14)23-13-15-7-4-5-10-17(15)19(21)22/h4-10,12,18,20H,2-3,11,13H2,1H3,(H,21,22)/t18-/m0/s1. The van der Waals surface area contributed by atoms with Crippen LogP contribution in [-0.4, -0.2) is 16.2 Å². The Morgan fingerprint density at radius 3 is 2.70 bits per heavy atom. The zero-order valence-corrected chi connectivity index (χ0v) is 13.2. The first-order valence-electron chi connectivity index (χ1n) is 7.84. The molecule has 0 fully saturated rings. The predicted molar refractivity (Wildman–Crippen MR) is 88.7 cm³/mol. The van der Waals surface area contributed by atoms with Crippen molar-refractivity contribution in [1.29, 1.82) is 0 Å². The lowest BCUT2D eigenvalue weighted by Crippen LogP contribution is -2.05. The molecule has 0 aliphatic heterocycles. The quantitative estimate of drug-likeness (QED) is 0.767. The number of hydrogen-bond acceptors (Lipinski definition) is 3. The van der Waals surface area contributed by atoms with E-state index in [9.17, 15) is 15.0 Å². The molecule has 0 aliphatic rings. The summed E-state index contributed by atoms with van der Waals surface area (Å²) in [5.41, 5.74) is 1.69. The number of ether oxygens (including phenoxy) is 1. The van der Waals surface area contributed by atoms with Gasteiger partial charge in [0.1, 0.15) is 12.4 Å². The zero-order chi connectivity index (χ0) is 16.7. The van der Waals surface area contributed by atoms with E-state index in [0.29, 0.717) is 11.3 Å². The molecule has 4 heteroatoms. The van der Waals surface area contributed by atoms with Crippen molar-refractivity contribution < 1.29 is 19.7 Å². The van der Waals surface area contributed by atoms with Crippen molar-refractivity contribution in [3.05, 3.63) is 65.2 Å². The Morgan fingerprint density at radius 1 is 1.17 bits per heavy atom. The van der Waals surface area contributed by atoms with Gasteiger partial charge in [-0.25, -0.2) is 4.79 Å². The highest BCUT2D eigenvalue weighted by molar-refractivity contribution is 5.89. The third kappa shape index (κ3) is 4.83. The number of benzene rings is 2. The number of aliphatic hydroxyl groups excluding tert-OH is 1. The van der Waals surface area contributed by atoms with Crippen LogP contribution in [0.25, 0.3) is 0 Å². The normalized spacial score (nSPS) is 11.9. The number of unbranched alkanes of at least 4 members (excludes halogenated alkanes) is 1. The van der Waals surface area contributed by atoms with Crippen LogP contribution in [0, 0.1) is 0 Å². The van der Waals surface area contributed by atoms with Gasteiger partial charge in [-0.2, -0.15) is 0 Å². The fraction of sp³-hybridized carbons (Fsp3) is 0.316. The Balaban J connectivity index is 2.05. The van der Waals surface area contributed by atoms with Crippen molar-refractivity contribution in [3.63, 3.8) is 0 Å². The van der Waals surface area contributed by atoms with Gasteiger partial charge in [-0.3, -0.25) is 0 Å². The first-order valence-corrected chi connectivity index (χ1v) is 7.84. The van der Waals surface area contributed by atoms with Crippen molar-refractivity contribution >= 4 is 5.97 Å². The van der Waals surface area contributed by atoms with Crippen molar-refractivity contribution in [2.75, 3.05) is 0 Å². The summed E-state index contributed by atoms with van der Waals surface area (Å²) in [6, 6.07) is 14.1. The second kappa shape index (κ2) is 8.34. The highest BCUT2D eigenvalue weighted by Crippen LogP contribution is 2.24. The lowest BCUT2D eigenvalue weighted by atomic mass is 10.0. The average Bonchev–Trinajstić information content (AvgIpc) is 2.58. The molecule has 0 bridgehead atoms. The Kier molecular flexibility index (Phi) is 6.18. The van der Waals surface area contributed by atoms with Crippen LogP contribution in [-0.2, 0) is 6.61 Å². The number of carboxylic acids is 1. The number of hydrogen-bond donors (Lipinski definition) is 2. The molecule has 2 aromatic carbocycles. The summed E-state index contributed by atoms with van der Waals surface area (Å²) in [4.78, 5) is 11.2. The molecule has 0 radical (unpaired) electrons. The molecule has 2 N–H and O–H groups in total. The van der Waals surface area contributed by atoms with Crippen molar-refractivity contribution in [2.24, 2.45) is 0 Å². The maximum atomic E-state index is 11.2. The van der Waals surface area contributed by atoms with E-state index < -0.39 is 12.1 Å². The predicted octanol–water partition coefficient (Wildman–Crippen LogP) is 4.19. The van der Waals surface area contributed by atoms with Gasteiger partial charge in [0.15, 0.2) is 0 Å². The second-order valence-electron chi connectivity index (χ2n) is 5.48. The zero-order valence-electron chi connectivity index (χ0n) is 13.2. The van der Waals surface area contributed by atoms with Crippen LogP contribution in [0.2, 0.25) is 0 Å². The highest BCUT2D eigenvalue weighted by Gasteiger charge is 2.11. The molecule has 4 nitrogen and oxygen atoms in total. The van der Waals surface area contributed by atoms with E-state index in [1.807, 2.05) is 18.2 Å². The number of carboxylic acid groups (broad SMARTS) is 1. The largest absolute Gasteiger partial charge is 0.489 e. The van der Waals surface area contributed by atoms with Crippen LogP contribution in [0.1, 0.15) is 53.8 Å². The highest BCUT2D eigenvalue weighted by atomic mass is 16.5. The molecule has 0 amide bonds. The maximum absolute atomic E-state index is 11.2. The summed E-state index contributed by atoms with van der Waals surface area (Å²) in [5.74, 6) is -0.342. The number of carbonyl (C=O) groups is 1. The topological polar surface area (TPSA) is 66.8 Å². The third-order valence-electron chi connectivity index (χ3n) is 3.72. The first-order chi connectivity index (χ1) is 11.1.